The molecule has 3 heterocycles. The molecule has 5 nitrogen and oxygen atoms in total. The molecule has 0 N–H and O–H groups in total. The first kappa shape index (κ1) is 24.8. The van der Waals surface area contributed by atoms with E-state index in [1.54, 1.807) is 0 Å². The highest BCUT2D eigenvalue weighted by molar-refractivity contribution is 6.19. The zero-order chi connectivity index (χ0) is 40.8. The van der Waals surface area contributed by atoms with E-state index < -0.39 is 0 Å². The highest BCUT2D eigenvalue weighted by Crippen LogP contribution is 2.43. The summed E-state index contributed by atoms with van der Waals surface area (Å²) in [5.41, 5.74) is 5.51. The lowest BCUT2D eigenvalue weighted by atomic mass is 9.97. The van der Waals surface area contributed by atoms with E-state index in [1.807, 2.05) is 103 Å². The molecule has 0 radical (unpaired) electrons. The summed E-state index contributed by atoms with van der Waals surface area (Å²) in [4.78, 5) is 14.9. The number of aromatic nitrogens is 4. The number of benzene rings is 8. The molecule has 5 heteroatoms. The van der Waals surface area contributed by atoms with Crippen molar-refractivity contribution in [2.45, 2.75) is 0 Å². The van der Waals surface area contributed by atoms with Gasteiger partial charge in [-0.1, -0.05) is 152 Å². The first-order chi connectivity index (χ1) is 29.3. The number of fused-ring (bicyclic) bond motifs is 8. The van der Waals surface area contributed by atoms with E-state index in [2.05, 4.69) is 41.0 Å². The van der Waals surface area contributed by atoms with Crippen LogP contribution in [0.2, 0.25) is 0 Å². The van der Waals surface area contributed by atoms with E-state index in [0.717, 1.165) is 43.7 Å². The van der Waals surface area contributed by atoms with Crippen LogP contribution in [0.15, 0.2) is 186 Å². The Morgan fingerprint density at radius 2 is 1.13 bits per heavy atom. The monoisotopic (exact) mass is 696 g/mol. The Balaban J connectivity index is 1.30. The van der Waals surface area contributed by atoms with Gasteiger partial charge in [0, 0.05) is 54.7 Å². The van der Waals surface area contributed by atoms with Gasteiger partial charge in [0.15, 0.2) is 17.5 Å². The fourth-order valence-electron chi connectivity index (χ4n) is 7.55. The molecular weight excluding hydrogens is 661 g/mol. The summed E-state index contributed by atoms with van der Waals surface area (Å²) >= 11 is 0. The molecule has 0 aliphatic rings. The van der Waals surface area contributed by atoms with Crippen LogP contribution in [0.1, 0.15) is 8.22 Å². The number of rotatable bonds is 5. The average molecular weight is 697 g/mol. The molecule has 11 aromatic rings. The van der Waals surface area contributed by atoms with Crippen LogP contribution in [-0.2, 0) is 0 Å². The first-order valence-electron chi connectivity index (χ1n) is 20.6. The lowest BCUT2D eigenvalue weighted by Crippen LogP contribution is -2.02. The van der Waals surface area contributed by atoms with Crippen molar-refractivity contribution in [1.82, 2.24) is 19.5 Å². The Kier molecular flexibility index (Phi) is 5.55. The van der Waals surface area contributed by atoms with Crippen LogP contribution < -0.4 is 0 Å². The molecule has 0 amide bonds. The van der Waals surface area contributed by atoms with Gasteiger partial charge >= 0.3 is 0 Å². The van der Waals surface area contributed by atoms with Crippen molar-refractivity contribution in [1.29, 1.82) is 0 Å². The van der Waals surface area contributed by atoms with Crippen molar-refractivity contribution in [2.75, 3.05) is 0 Å². The maximum Gasteiger partial charge on any atom is 0.164 e. The lowest BCUT2D eigenvalue weighted by molar-refractivity contribution is 0.670. The Labute approximate surface area is 318 Å². The fourth-order valence-corrected chi connectivity index (χ4v) is 7.55. The minimum atomic E-state index is -0.372. The minimum Gasteiger partial charge on any atom is -0.455 e. The molecule has 11 rings (SSSR count). The van der Waals surface area contributed by atoms with Crippen molar-refractivity contribution in [3.05, 3.63) is 182 Å². The normalized spacial score (nSPS) is 13.3. The molecule has 252 valence electrons. The van der Waals surface area contributed by atoms with Gasteiger partial charge in [0.2, 0.25) is 0 Å². The maximum atomic E-state index is 9.58. The van der Waals surface area contributed by atoms with Crippen LogP contribution >= 0.6 is 0 Å². The third-order valence-electron chi connectivity index (χ3n) is 10.0. The number of hydrogen-bond acceptors (Lipinski definition) is 4. The Hall–Kier alpha value is -7.37. The van der Waals surface area contributed by atoms with Gasteiger partial charge < -0.3 is 8.98 Å². The highest BCUT2D eigenvalue weighted by atomic mass is 16.3. The molecule has 54 heavy (non-hydrogen) atoms. The zero-order valence-electron chi connectivity index (χ0n) is 34.6. The van der Waals surface area contributed by atoms with E-state index in [0.29, 0.717) is 34.3 Å². The summed E-state index contributed by atoms with van der Waals surface area (Å²) in [6, 6.07) is 45.5. The molecule has 0 fully saturated rings. The first-order valence-corrected chi connectivity index (χ1v) is 17.6. The summed E-state index contributed by atoms with van der Waals surface area (Å²) < 4.78 is 62.6. The molecule has 3 aromatic heterocycles. The van der Waals surface area contributed by atoms with Gasteiger partial charge in [-0.2, -0.15) is 0 Å². The second-order valence-corrected chi connectivity index (χ2v) is 13.1. The van der Waals surface area contributed by atoms with E-state index >= 15 is 0 Å². The third-order valence-corrected chi connectivity index (χ3v) is 10.0. The standard InChI is InChI=1S/C49H30N4O/c1-3-15-32(16-4-1)47-50-48(33-17-5-2-6-18-33)52-49(51-47)34-27-29-43(41(30-34)40-23-13-22-39-37-21-10-12-25-44(37)54-46(39)40)53-42-24-11-9-20-36(42)38-28-26-31-14-7-8-19-35(31)45(38)53/h1-30H/i10D,13D,21D,22D,23D,25D. The molecule has 0 saturated carbocycles. The van der Waals surface area contributed by atoms with Gasteiger partial charge in [-0.05, 0) is 35.7 Å². The second-order valence-electron chi connectivity index (χ2n) is 13.1. The zero-order valence-corrected chi connectivity index (χ0v) is 28.6. The molecule has 0 aliphatic heterocycles. The van der Waals surface area contributed by atoms with E-state index in [-0.39, 0.29) is 63.8 Å². The van der Waals surface area contributed by atoms with E-state index in [4.69, 9.17) is 24.9 Å². The van der Waals surface area contributed by atoms with Crippen LogP contribution in [0.25, 0.3) is 105 Å². The SMILES string of the molecule is [2H]c1cc([2H])c2oc3c(-c4cc(-c5nc(-c6ccccc6)nc(-c6ccccc6)n5)ccc4-n4c5ccccc5c5ccc6ccccc6c54)c([2H])c([2H])c([2H])c3c2c1[2H]. The molecular formula is C49H30N4O. The number of hydrogen-bond donors (Lipinski definition) is 0. The molecule has 0 atom stereocenters. The average Bonchev–Trinajstić information content (AvgIpc) is 3.86. The Morgan fingerprint density at radius 3 is 1.91 bits per heavy atom. The summed E-state index contributed by atoms with van der Waals surface area (Å²) in [5.74, 6) is 1.33. The van der Waals surface area contributed by atoms with Gasteiger partial charge in [0.25, 0.3) is 0 Å². The number of para-hydroxylation sites is 3. The maximum absolute atomic E-state index is 9.58. The lowest BCUT2D eigenvalue weighted by Gasteiger charge is -2.17. The van der Waals surface area contributed by atoms with Crippen molar-refractivity contribution in [3.63, 3.8) is 0 Å². The molecule has 0 spiro atoms. The fraction of sp³-hybridized carbons (Fsp3) is 0. The summed E-state index contributed by atoms with van der Waals surface area (Å²) in [6.07, 6.45) is 0. The van der Waals surface area contributed by atoms with Crippen molar-refractivity contribution < 1.29 is 12.6 Å². The predicted octanol–water partition coefficient (Wildman–Crippen LogP) is 12.7. The van der Waals surface area contributed by atoms with Crippen molar-refractivity contribution in [2.24, 2.45) is 0 Å². The smallest absolute Gasteiger partial charge is 0.164 e. The number of nitrogens with zero attached hydrogens (tertiary/aromatic N) is 4. The van der Waals surface area contributed by atoms with E-state index in [9.17, 15) is 2.74 Å². The molecule has 0 bridgehead atoms. The van der Waals surface area contributed by atoms with E-state index in [1.165, 1.54) is 6.07 Å². The molecule has 0 saturated heterocycles. The Morgan fingerprint density at radius 1 is 0.463 bits per heavy atom. The minimum absolute atomic E-state index is 0.0174. The van der Waals surface area contributed by atoms with Crippen LogP contribution in [0.4, 0.5) is 0 Å². The summed E-state index contributed by atoms with van der Waals surface area (Å²) in [7, 11) is 0. The third kappa shape index (κ3) is 4.76. The van der Waals surface area contributed by atoms with Crippen molar-refractivity contribution >= 4 is 54.5 Å². The van der Waals surface area contributed by atoms with Crippen LogP contribution in [-0.4, -0.2) is 19.5 Å². The molecule has 0 unspecified atom stereocenters. The van der Waals surface area contributed by atoms with Crippen LogP contribution in [0.5, 0.6) is 0 Å². The molecule has 0 aliphatic carbocycles. The van der Waals surface area contributed by atoms with Crippen LogP contribution in [0, 0.1) is 0 Å². The van der Waals surface area contributed by atoms with Gasteiger partial charge in [0.05, 0.1) is 24.9 Å². The largest absolute Gasteiger partial charge is 0.455 e. The second kappa shape index (κ2) is 12.1. The van der Waals surface area contributed by atoms with Gasteiger partial charge in [-0.25, -0.2) is 15.0 Å². The van der Waals surface area contributed by atoms with Gasteiger partial charge in [-0.15, -0.1) is 0 Å². The number of furan rings is 1. The van der Waals surface area contributed by atoms with Gasteiger partial charge in [-0.3, -0.25) is 0 Å². The molecule has 8 aromatic carbocycles. The Bertz CT molecular complexity index is 3510. The summed E-state index contributed by atoms with van der Waals surface area (Å²) in [6.45, 7) is 0. The predicted molar refractivity (Wildman–Crippen MR) is 221 cm³/mol. The summed E-state index contributed by atoms with van der Waals surface area (Å²) in [5, 5.41) is 4.32. The quantitative estimate of drug-likeness (QED) is 0.180. The highest BCUT2D eigenvalue weighted by Gasteiger charge is 2.22. The topological polar surface area (TPSA) is 56.7 Å². The van der Waals surface area contributed by atoms with Crippen molar-refractivity contribution in [3.8, 4) is 51.0 Å². The van der Waals surface area contributed by atoms with Gasteiger partial charge in [0.1, 0.15) is 11.2 Å². The van der Waals surface area contributed by atoms with Crippen LogP contribution in [0.3, 0.4) is 0 Å².